The van der Waals surface area contributed by atoms with E-state index in [-0.39, 0.29) is 5.91 Å². The fourth-order valence-corrected chi connectivity index (χ4v) is 4.51. The van der Waals surface area contributed by atoms with E-state index in [4.69, 9.17) is 0 Å². The van der Waals surface area contributed by atoms with Crippen LogP contribution >= 0.6 is 11.3 Å². The summed E-state index contributed by atoms with van der Waals surface area (Å²) in [5.41, 5.74) is 2.13. The molecule has 0 aliphatic heterocycles. The molecular weight excluding hydrogens is 370 g/mol. The number of sulfonamides is 1. The van der Waals surface area contributed by atoms with Gasteiger partial charge in [0.05, 0.1) is 11.9 Å². The van der Waals surface area contributed by atoms with Gasteiger partial charge < -0.3 is 5.32 Å². The van der Waals surface area contributed by atoms with Gasteiger partial charge in [0, 0.05) is 23.1 Å². The van der Waals surface area contributed by atoms with E-state index in [2.05, 4.69) is 15.0 Å². The molecule has 0 atom stereocenters. The maximum Gasteiger partial charge on any atom is 0.229 e. The number of carbonyl (C=O) groups excluding carboxylic acids is 1. The predicted molar refractivity (Wildman–Crippen MR) is 106 cm³/mol. The van der Waals surface area contributed by atoms with E-state index in [1.54, 1.807) is 24.3 Å². The number of nitrogens with zero attached hydrogens (tertiary/aromatic N) is 1. The highest BCUT2D eigenvalue weighted by Gasteiger charge is 2.18. The van der Waals surface area contributed by atoms with E-state index in [1.165, 1.54) is 30.6 Å². The van der Waals surface area contributed by atoms with Crippen molar-refractivity contribution in [3.63, 3.8) is 0 Å². The lowest BCUT2D eigenvalue weighted by molar-refractivity contribution is -0.117. The van der Waals surface area contributed by atoms with Crippen molar-refractivity contribution >= 4 is 38.1 Å². The zero-order valence-corrected chi connectivity index (χ0v) is 16.3. The van der Waals surface area contributed by atoms with E-state index < -0.39 is 10.0 Å². The predicted octanol–water partition coefficient (Wildman–Crippen LogP) is 4.09. The molecule has 1 amide bonds. The summed E-state index contributed by atoms with van der Waals surface area (Å²) in [6, 6.07) is 6.99. The van der Waals surface area contributed by atoms with Crippen LogP contribution in [0.1, 0.15) is 38.5 Å². The third-order valence-electron chi connectivity index (χ3n) is 4.43. The van der Waals surface area contributed by atoms with Gasteiger partial charge in [-0.25, -0.2) is 13.4 Å². The van der Waals surface area contributed by atoms with Crippen molar-refractivity contribution in [1.29, 1.82) is 0 Å². The lowest BCUT2D eigenvalue weighted by Crippen LogP contribution is -2.18. The summed E-state index contributed by atoms with van der Waals surface area (Å²) in [5.74, 6) is 0.531. The average molecular weight is 394 g/mol. The van der Waals surface area contributed by atoms with Crippen LogP contribution < -0.4 is 10.0 Å². The van der Waals surface area contributed by atoms with Gasteiger partial charge in [0.15, 0.2) is 5.13 Å². The van der Waals surface area contributed by atoms with Crippen molar-refractivity contribution in [3.05, 3.63) is 29.6 Å². The number of nitrogens with one attached hydrogen (secondary N) is 2. The minimum Gasteiger partial charge on any atom is -0.302 e. The molecule has 6 nitrogen and oxygen atoms in total. The first-order valence-corrected chi connectivity index (χ1v) is 11.5. The molecule has 1 aliphatic carbocycles. The van der Waals surface area contributed by atoms with Crippen LogP contribution in [0.5, 0.6) is 0 Å². The smallest absolute Gasteiger partial charge is 0.229 e. The van der Waals surface area contributed by atoms with Crippen molar-refractivity contribution in [1.82, 2.24) is 4.98 Å². The maximum atomic E-state index is 12.2. The highest BCUT2D eigenvalue weighted by atomic mass is 32.2. The third kappa shape index (κ3) is 5.54. The van der Waals surface area contributed by atoms with E-state index in [0.29, 0.717) is 23.2 Å². The molecule has 26 heavy (non-hydrogen) atoms. The van der Waals surface area contributed by atoms with Gasteiger partial charge in [-0.3, -0.25) is 9.52 Å². The normalized spacial score (nSPS) is 15.6. The molecule has 140 valence electrons. The van der Waals surface area contributed by atoms with Crippen molar-refractivity contribution < 1.29 is 13.2 Å². The maximum absolute atomic E-state index is 12.2. The summed E-state index contributed by atoms with van der Waals surface area (Å²) in [4.78, 5) is 16.7. The molecule has 0 radical (unpaired) electrons. The summed E-state index contributed by atoms with van der Waals surface area (Å²) in [5, 5.41) is 5.38. The molecule has 0 saturated heterocycles. The topological polar surface area (TPSA) is 88.2 Å². The van der Waals surface area contributed by atoms with Gasteiger partial charge in [0.1, 0.15) is 0 Å². The molecule has 1 fully saturated rings. The van der Waals surface area contributed by atoms with Gasteiger partial charge >= 0.3 is 0 Å². The number of anilines is 2. The number of carbonyl (C=O) groups is 1. The van der Waals surface area contributed by atoms with Crippen molar-refractivity contribution in [3.8, 4) is 11.3 Å². The van der Waals surface area contributed by atoms with Gasteiger partial charge in [-0.05, 0) is 30.9 Å². The van der Waals surface area contributed by atoms with Crippen LogP contribution in [0.15, 0.2) is 29.6 Å². The molecule has 3 rings (SSSR count). The summed E-state index contributed by atoms with van der Waals surface area (Å²) >= 11 is 1.39. The molecule has 0 unspecified atom stereocenters. The molecule has 8 heteroatoms. The van der Waals surface area contributed by atoms with Crippen LogP contribution in [0.3, 0.4) is 0 Å². The molecule has 1 aromatic heterocycles. The van der Waals surface area contributed by atoms with Crippen molar-refractivity contribution in [2.45, 2.75) is 38.5 Å². The first kappa shape index (κ1) is 18.8. The highest BCUT2D eigenvalue weighted by Crippen LogP contribution is 2.28. The van der Waals surface area contributed by atoms with Crippen LogP contribution in [-0.4, -0.2) is 25.6 Å². The average Bonchev–Trinajstić information content (AvgIpc) is 3.03. The second-order valence-corrected chi connectivity index (χ2v) is 9.35. The molecule has 1 saturated carbocycles. The first-order chi connectivity index (χ1) is 12.4. The summed E-state index contributed by atoms with van der Waals surface area (Å²) < 4.78 is 24.9. The molecule has 2 aromatic rings. The Morgan fingerprint density at radius 1 is 1.19 bits per heavy atom. The molecular formula is C18H23N3O3S2. The third-order valence-corrected chi connectivity index (χ3v) is 5.80. The number of hydrogen-bond acceptors (Lipinski definition) is 5. The molecule has 1 aliphatic rings. The number of hydrogen-bond donors (Lipinski definition) is 2. The largest absolute Gasteiger partial charge is 0.302 e. The fourth-order valence-electron chi connectivity index (χ4n) is 3.21. The van der Waals surface area contributed by atoms with E-state index >= 15 is 0 Å². The SMILES string of the molecule is CS(=O)(=O)Nc1ccc(-c2csc(NC(=O)CC3CCCCC3)n2)cc1. The van der Waals surface area contributed by atoms with Crippen LogP contribution in [0.2, 0.25) is 0 Å². The Balaban J connectivity index is 1.59. The Morgan fingerprint density at radius 3 is 2.54 bits per heavy atom. The Hall–Kier alpha value is -1.93. The van der Waals surface area contributed by atoms with Gasteiger partial charge in [-0.2, -0.15) is 0 Å². The van der Waals surface area contributed by atoms with Gasteiger partial charge in [-0.15, -0.1) is 11.3 Å². The fraction of sp³-hybridized carbons (Fsp3) is 0.444. The summed E-state index contributed by atoms with van der Waals surface area (Å²) in [6.07, 6.45) is 7.71. The lowest BCUT2D eigenvalue weighted by Gasteiger charge is -2.20. The quantitative estimate of drug-likeness (QED) is 0.774. The standard InChI is InChI=1S/C18H23N3O3S2/c1-26(23,24)21-15-9-7-14(8-10-15)16-12-25-18(19-16)20-17(22)11-13-5-3-2-4-6-13/h7-10,12-13,21H,2-6,11H2,1H3,(H,19,20,22). The Bertz CT molecular complexity index is 854. The summed E-state index contributed by atoms with van der Waals surface area (Å²) in [7, 11) is -3.29. The first-order valence-electron chi connectivity index (χ1n) is 8.73. The van der Waals surface area contributed by atoms with E-state index in [1.807, 2.05) is 5.38 Å². The number of benzene rings is 1. The molecule has 1 aromatic carbocycles. The second kappa shape index (κ2) is 8.18. The Labute approximate surface area is 158 Å². The minimum absolute atomic E-state index is 0.0329. The molecule has 0 spiro atoms. The number of rotatable bonds is 6. The number of aromatic nitrogens is 1. The lowest BCUT2D eigenvalue weighted by atomic mass is 9.87. The molecule has 2 N–H and O–H groups in total. The Morgan fingerprint density at radius 2 is 1.88 bits per heavy atom. The number of thiazole rings is 1. The number of amides is 1. The second-order valence-electron chi connectivity index (χ2n) is 6.75. The van der Waals surface area contributed by atoms with Crippen molar-refractivity contribution in [2.24, 2.45) is 5.92 Å². The Kier molecular flexibility index (Phi) is 5.93. The van der Waals surface area contributed by atoms with Gasteiger partial charge in [0.25, 0.3) is 0 Å². The van der Waals surface area contributed by atoms with E-state index in [0.717, 1.165) is 30.4 Å². The molecule has 1 heterocycles. The van der Waals surface area contributed by atoms with Gasteiger partial charge in [-0.1, -0.05) is 31.4 Å². The minimum atomic E-state index is -3.29. The highest BCUT2D eigenvalue weighted by molar-refractivity contribution is 7.92. The zero-order valence-electron chi connectivity index (χ0n) is 14.7. The molecule has 0 bridgehead atoms. The van der Waals surface area contributed by atoms with Crippen LogP contribution in [-0.2, 0) is 14.8 Å². The van der Waals surface area contributed by atoms with Crippen LogP contribution in [0, 0.1) is 5.92 Å². The van der Waals surface area contributed by atoms with Crippen LogP contribution in [0.25, 0.3) is 11.3 Å². The monoisotopic (exact) mass is 393 g/mol. The summed E-state index contributed by atoms with van der Waals surface area (Å²) in [6.45, 7) is 0. The zero-order chi connectivity index (χ0) is 18.6. The van der Waals surface area contributed by atoms with E-state index in [9.17, 15) is 13.2 Å². The van der Waals surface area contributed by atoms with Crippen LogP contribution in [0.4, 0.5) is 10.8 Å². The van der Waals surface area contributed by atoms with Gasteiger partial charge in [0.2, 0.25) is 15.9 Å². The van der Waals surface area contributed by atoms with Crippen molar-refractivity contribution in [2.75, 3.05) is 16.3 Å².